The minimum absolute atomic E-state index is 0.324. The lowest BCUT2D eigenvalue weighted by atomic mass is 9.85. The van der Waals surface area contributed by atoms with E-state index in [-0.39, 0.29) is 0 Å². The third-order valence-corrected chi connectivity index (χ3v) is 4.25. The summed E-state index contributed by atoms with van der Waals surface area (Å²) in [7, 11) is 0. The minimum atomic E-state index is -0.658. The van der Waals surface area contributed by atoms with Gasteiger partial charge in [0, 0.05) is 4.88 Å². The Labute approximate surface area is 90.8 Å². The van der Waals surface area contributed by atoms with Crippen molar-refractivity contribution in [2.75, 3.05) is 0 Å². The fourth-order valence-corrected chi connectivity index (χ4v) is 2.93. The molecule has 1 nitrogen and oxygen atoms in total. The summed E-state index contributed by atoms with van der Waals surface area (Å²) < 4.78 is 0. The number of hydrogen-bond donors (Lipinski definition) is 1. The molecule has 0 amide bonds. The number of aryl methyl sites for hydroxylation is 1. The van der Waals surface area contributed by atoms with Crippen molar-refractivity contribution in [2.45, 2.75) is 46.1 Å². The Morgan fingerprint density at radius 2 is 2.21 bits per heavy atom. The van der Waals surface area contributed by atoms with Crippen molar-refractivity contribution in [3.8, 4) is 0 Å². The molecule has 0 spiro atoms. The van der Waals surface area contributed by atoms with E-state index in [1.54, 1.807) is 11.3 Å². The van der Waals surface area contributed by atoms with E-state index in [4.69, 9.17) is 0 Å². The van der Waals surface area contributed by atoms with E-state index in [1.807, 2.05) is 6.92 Å². The lowest BCUT2D eigenvalue weighted by Gasteiger charge is -2.30. The summed E-state index contributed by atoms with van der Waals surface area (Å²) in [6.07, 6.45) is 2.20. The SMILES string of the molecule is CCCC(C)C(C)(O)c1sccc1C. The van der Waals surface area contributed by atoms with Gasteiger partial charge in [0.25, 0.3) is 0 Å². The number of rotatable bonds is 4. The third kappa shape index (κ3) is 2.18. The van der Waals surface area contributed by atoms with Crippen LogP contribution >= 0.6 is 11.3 Å². The first-order valence-corrected chi connectivity index (χ1v) is 6.15. The fraction of sp³-hybridized carbons (Fsp3) is 0.667. The fourth-order valence-electron chi connectivity index (χ4n) is 1.83. The molecule has 0 saturated heterocycles. The summed E-state index contributed by atoms with van der Waals surface area (Å²) in [4.78, 5) is 1.12. The van der Waals surface area contributed by atoms with Gasteiger partial charge in [-0.3, -0.25) is 0 Å². The Bertz CT molecular complexity index is 288. The Kier molecular flexibility index (Phi) is 3.73. The largest absolute Gasteiger partial charge is 0.384 e. The molecule has 0 radical (unpaired) electrons. The van der Waals surface area contributed by atoms with Crippen LogP contribution in [0.4, 0.5) is 0 Å². The summed E-state index contributed by atoms with van der Waals surface area (Å²) >= 11 is 1.66. The molecule has 0 aliphatic heterocycles. The summed E-state index contributed by atoms with van der Waals surface area (Å²) in [5.41, 5.74) is 0.553. The average molecular weight is 212 g/mol. The van der Waals surface area contributed by atoms with Crippen LogP contribution in [0.25, 0.3) is 0 Å². The predicted octanol–water partition coefficient (Wildman–Crippen LogP) is 3.70. The Morgan fingerprint density at radius 1 is 1.57 bits per heavy atom. The number of aliphatic hydroxyl groups is 1. The summed E-state index contributed by atoms with van der Waals surface area (Å²) in [6, 6.07) is 2.08. The zero-order chi connectivity index (χ0) is 10.8. The zero-order valence-electron chi connectivity index (χ0n) is 9.50. The highest BCUT2D eigenvalue weighted by Crippen LogP contribution is 2.36. The molecule has 1 N–H and O–H groups in total. The van der Waals surface area contributed by atoms with Crippen LogP contribution in [-0.2, 0) is 5.60 Å². The van der Waals surface area contributed by atoms with E-state index in [0.29, 0.717) is 5.92 Å². The lowest BCUT2D eigenvalue weighted by Crippen LogP contribution is -2.29. The van der Waals surface area contributed by atoms with Gasteiger partial charge in [0.1, 0.15) is 0 Å². The molecular formula is C12H20OS. The molecular weight excluding hydrogens is 192 g/mol. The molecule has 1 aromatic rings. The van der Waals surface area contributed by atoms with Gasteiger partial charge < -0.3 is 5.11 Å². The summed E-state index contributed by atoms with van der Waals surface area (Å²) in [6.45, 7) is 8.29. The molecule has 0 fully saturated rings. The molecule has 1 aromatic heterocycles. The van der Waals surface area contributed by atoms with E-state index >= 15 is 0 Å². The first kappa shape index (κ1) is 11.7. The third-order valence-electron chi connectivity index (χ3n) is 3.00. The van der Waals surface area contributed by atoms with Crippen molar-refractivity contribution < 1.29 is 5.11 Å². The molecule has 1 rings (SSSR count). The molecule has 0 aliphatic carbocycles. The Hall–Kier alpha value is -0.340. The van der Waals surface area contributed by atoms with E-state index < -0.39 is 5.60 Å². The van der Waals surface area contributed by atoms with Gasteiger partial charge in [0.15, 0.2) is 0 Å². The second-order valence-corrected chi connectivity index (χ2v) is 5.19. The van der Waals surface area contributed by atoms with Gasteiger partial charge in [0.2, 0.25) is 0 Å². The molecule has 0 saturated carbocycles. The Balaban J connectivity index is 2.89. The molecule has 0 aliphatic rings. The average Bonchev–Trinajstić information content (AvgIpc) is 2.52. The lowest BCUT2D eigenvalue weighted by molar-refractivity contribution is 0.000776. The van der Waals surface area contributed by atoms with Crippen molar-refractivity contribution >= 4 is 11.3 Å². The zero-order valence-corrected chi connectivity index (χ0v) is 10.3. The smallest absolute Gasteiger partial charge is 0.0987 e. The number of thiophene rings is 1. The van der Waals surface area contributed by atoms with Crippen molar-refractivity contribution in [1.82, 2.24) is 0 Å². The molecule has 0 aromatic carbocycles. The highest BCUT2D eigenvalue weighted by molar-refractivity contribution is 7.10. The van der Waals surface area contributed by atoms with Gasteiger partial charge in [-0.1, -0.05) is 20.3 Å². The standard InChI is InChI=1S/C12H20OS/c1-5-6-10(3)12(4,13)11-9(2)7-8-14-11/h7-8,10,13H,5-6H2,1-4H3. The highest BCUT2D eigenvalue weighted by Gasteiger charge is 2.31. The van der Waals surface area contributed by atoms with Crippen LogP contribution in [0.1, 0.15) is 44.1 Å². The quantitative estimate of drug-likeness (QED) is 0.807. The second kappa shape index (κ2) is 4.45. The molecule has 80 valence electrons. The second-order valence-electron chi connectivity index (χ2n) is 4.27. The van der Waals surface area contributed by atoms with E-state index in [9.17, 15) is 5.11 Å². The first-order chi connectivity index (χ1) is 6.50. The minimum Gasteiger partial charge on any atom is -0.384 e. The molecule has 2 atom stereocenters. The van der Waals surface area contributed by atoms with Crippen molar-refractivity contribution in [3.05, 3.63) is 21.9 Å². The highest BCUT2D eigenvalue weighted by atomic mass is 32.1. The maximum Gasteiger partial charge on any atom is 0.0987 e. The van der Waals surface area contributed by atoms with Crippen LogP contribution in [0, 0.1) is 12.8 Å². The van der Waals surface area contributed by atoms with Gasteiger partial charge in [-0.2, -0.15) is 0 Å². The van der Waals surface area contributed by atoms with Gasteiger partial charge in [0.05, 0.1) is 5.60 Å². The monoisotopic (exact) mass is 212 g/mol. The van der Waals surface area contributed by atoms with Crippen LogP contribution in [0.2, 0.25) is 0 Å². The normalized spacial score (nSPS) is 17.8. The van der Waals surface area contributed by atoms with Crippen LogP contribution in [0.5, 0.6) is 0 Å². The Morgan fingerprint density at radius 3 is 2.64 bits per heavy atom. The van der Waals surface area contributed by atoms with Gasteiger partial charge >= 0.3 is 0 Å². The predicted molar refractivity (Wildman–Crippen MR) is 62.7 cm³/mol. The molecule has 2 unspecified atom stereocenters. The van der Waals surface area contributed by atoms with Gasteiger partial charge in [-0.15, -0.1) is 11.3 Å². The van der Waals surface area contributed by atoms with Gasteiger partial charge in [-0.25, -0.2) is 0 Å². The molecule has 2 heteroatoms. The van der Waals surface area contributed by atoms with Crippen LogP contribution in [0.3, 0.4) is 0 Å². The van der Waals surface area contributed by atoms with Gasteiger partial charge in [-0.05, 0) is 43.2 Å². The summed E-state index contributed by atoms with van der Waals surface area (Å²) in [5, 5.41) is 12.5. The van der Waals surface area contributed by atoms with E-state index in [2.05, 4.69) is 32.2 Å². The van der Waals surface area contributed by atoms with Crippen molar-refractivity contribution in [1.29, 1.82) is 0 Å². The van der Waals surface area contributed by atoms with E-state index in [0.717, 1.165) is 17.7 Å². The van der Waals surface area contributed by atoms with Crippen LogP contribution < -0.4 is 0 Å². The molecule has 0 bridgehead atoms. The molecule has 1 heterocycles. The van der Waals surface area contributed by atoms with Crippen molar-refractivity contribution in [2.24, 2.45) is 5.92 Å². The topological polar surface area (TPSA) is 20.2 Å². The maximum absolute atomic E-state index is 10.5. The molecule has 14 heavy (non-hydrogen) atoms. The number of hydrogen-bond acceptors (Lipinski definition) is 2. The summed E-state index contributed by atoms with van der Waals surface area (Å²) in [5.74, 6) is 0.324. The van der Waals surface area contributed by atoms with Crippen LogP contribution in [0.15, 0.2) is 11.4 Å². The maximum atomic E-state index is 10.5. The van der Waals surface area contributed by atoms with E-state index in [1.165, 1.54) is 5.56 Å². The van der Waals surface area contributed by atoms with Crippen LogP contribution in [-0.4, -0.2) is 5.11 Å². The van der Waals surface area contributed by atoms with Crippen molar-refractivity contribution in [3.63, 3.8) is 0 Å². The first-order valence-electron chi connectivity index (χ1n) is 5.27.